The van der Waals surface area contributed by atoms with Crippen molar-refractivity contribution in [3.8, 4) is 5.75 Å². The van der Waals surface area contributed by atoms with E-state index in [0.29, 0.717) is 15.0 Å². The van der Waals surface area contributed by atoms with Crippen LogP contribution >= 0.6 is 24.0 Å². The molecule has 1 saturated heterocycles. The van der Waals surface area contributed by atoms with E-state index >= 15 is 0 Å². The number of carboxylic acid groups (broad SMARTS) is 1. The zero-order chi connectivity index (χ0) is 19.4. The van der Waals surface area contributed by atoms with E-state index in [9.17, 15) is 9.59 Å². The van der Waals surface area contributed by atoms with E-state index in [1.807, 2.05) is 37.3 Å². The minimum Gasteiger partial charge on any atom is -0.482 e. The summed E-state index contributed by atoms with van der Waals surface area (Å²) in [5.74, 6) is -0.692. The average Bonchev–Trinajstić information content (AvgIpc) is 2.94. The predicted octanol–water partition coefficient (Wildman–Crippen LogP) is 4.11. The first-order valence-corrected chi connectivity index (χ1v) is 9.45. The highest BCUT2D eigenvalue weighted by Crippen LogP contribution is 2.38. The fraction of sp³-hybridized carbons (Fsp3) is 0.150. The number of benzene rings is 2. The van der Waals surface area contributed by atoms with Crippen molar-refractivity contribution in [2.45, 2.75) is 13.0 Å². The molecule has 3 rings (SSSR count). The fourth-order valence-corrected chi connectivity index (χ4v) is 4.07. The molecule has 7 heteroatoms. The van der Waals surface area contributed by atoms with Crippen LogP contribution in [-0.2, 0) is 9.59 Å². The molecular formula is C20H17NO4S2. The normalized spacial score (nSPS) is 16.6. The summed E-state index contributed by atoms with van der Waals surface area (Å²) in [6, 6.07) is 16.5. The molecule has 1 N–H and O–H groups in total. The smallest absolute Gasteiger partial charge is 0.341 e. The summed E-state index contributed by atoms with van der Waals surface area (Å²) >= 11 is 6.70. The van der Waals surface area contributed by atoms with Crippen LogP contribution in [0.25, 0.3) is 6.08 Å². The van der Waals surface area contributed by atoms with E-state index in [1.165, 1.54) is 11.8 Å². The number of carbonyl (C=O) groups is 2. The summed E-state index contributed by atoms with van der Waals surface area (Å²) in [7, 11) is 0. The molecule has 1 unspecified atom stereocenters. The summed E-state index contributed by atoms with van der Waals surface area (Å²) in [6.45, 7) is 1.56. The van der Waals surface area contributed by atoms with Gasteiger partial charge in [-0.05, 0) is 36.3 Å². The molecule has 1 heterocycles. The van der Waals surface area contributed by atoms with Gasteiger partial charge in [0.25, 0.3) is 5.91 Å². The molecule has 0 bridgehead atoms. The van der Waals surface area contributed by atoms with Crippen LogP contribution in [0.2, 0.25) is 0 Å². The molecule has 0 aliphatic carbocycles. The summed E-state index contributed by atoms with van der Waals surface area (Å²) in [5.41, 5.74) is 1.83. The molecule has 1 atom stereocenters. The highest BCUT2D eigenvalue weighted by atomic mass is 32.2. The fourth-order valence-electron chi connectivity index (χ4n) is 2.65. The topological polar surface area (TPSA) is 66.8 Å². The van der Waals surface area contributed by atoms with Gasteiger partial charge in [-0.3, -0.25) is 9.69 Å². The molecule has 1 aliphatic heterocycles. The van der Waals surface area contributed by atoms with Gasteiger partial charge >= 0.3 is 5.97 Å². The zero-order valence-corrected chi connectivity index (χ0v) is 16.1. The Bertz CT molecular complexity index is 894. The first-order valence-electron chi connectivity index (χ1n) is 8.22. The molecule has 0 saturated carbocycles. The van der Waals surface area contributed by atoms with E-state index in [2.05, 4.69) is 0 Å². The van der Waals surface area contributed by atoms with Crippen molar-refractivity contribution in [3.63, 3.8) is 0 Å². The molecule has 1 aliphatic rings. The Kier molecular flexibility index (Phi) is 5.93. The first kappa shape index (κ1) is 19.1. The van der Waals surface area contributed by atoms with Gasteiger partial charge in [-0.15, -0.1) is 0 Å². The largest absolute Gasteiger partial charge is 0.482 e. The number of aliphatic carboxylic acids is 1. The minimum absolute atomic E-state index is 0.118. The third kappa shape index (κ3) is 4.56. The van der Waals surface area contributed by atoms with Gasteiger partial charge in [0.05, 0.1) is 10.9 Å². The molecule has 5 nitrogen and oxygen atoms in total. The van der Waals surface area contributed by atoms with E-state index < -0.39 is 12.6 Å². The third-order valence-electron chi connectivity index (χ3n) is 4.03. The first-order chi connectivity index (χ1) is 13.0. The van der Waals surface area contributed by atoms with Crippen LogP contribution in [0.3, 0.4) is 0 Å². The lowest BCUT2D eigenvalue weighted by Gasteiger charge is -2.23. The van der Waals surface area contributed by atoms with Gasteiger partial charge in [-0.2, -0.15) is 0 Å². The Hall–Kier alpha value is -2.64. The summed E-state index contributed by atoms with van der Waals surface area (Å²) in [5, 5.41) is 8.63. The molecule has 1 amide bonds. The maximum Gasteiger partial charge on any atom is 0.341 e. The number of hydrogen-bond acceptors (Lipinski definition) is 5. The van der Waals surface area contributed by atoms with Gasteiger partial charge in [-0.25, -0.2) is 4.79 Å². The van der Waals surface area contributed by atoms with Crippen LogP contribution in [0.1, 0.15) is 24.1 Å². The number of nitrogens with zero attached hydrogens (tertiary/aromatic N) is 1. The number of ether oxygens (including phenoxy) is 1. The second kappa shape index (κ2) is 8.37. The Morgan fingerprint density at radius 2 is 1.89 bits per heavy atom. The monoisotopic (exact) mass is 399 g/mol. The molecule has 0 radical (unpaired) electrons. The van der Waals surface area contributed by atoms with E-state index in [4.69, 9.17) is 22.1 Å². The quantitative estimate of drug-likeness (QED) is 0.582. The molecule has 2 aromatic carbocycles. The highest BCUT2D eigenvalue weighted by Gasteiger charge is 2.35. The third-order valence-corrected chi connectivity index (χ3v) is 5.36. The molecule has 27 heavy (non-hydrogen) atoms. The molecule has 138 valence electrons. The van der Waals surface area contributed by atoms with Gasteiger partial charge in [0.2, 0.25) is 0 Å². The maximum atomic E-state index is 12.8. The standard InChI is InChI=1S/C20H17NO4S2/c1-13(15-5-3-2-4-6-15)21-19(24)17(27-20(21)26)11-14-7-9-16(10-8-14)25-12-18(22)23/h2-11,13H,12H2,1H3,(H,22,23)/b17-11+. The highest BCUT2D eigenvalue weighted by molar-refractivity contribution is 8.26. The second-order valence-electron chi connectivity index (χ2n) is 5.89. The molecule has 0 spiro atoms. The van der Waals surface area contributed by atoms with Crippen LogP contribution in [-0.4, -0.2) is 32.8 Å². The van der Waals surface area contributed by atoms with Crippen LogP contribution in [0.5, 0.6) is 5.75 Å². The number of carboxylic acids is 1. The van der Waals surface area contributed by atoms with Crippen LogP contribution in [0.4, 0.5) is 0 Å². The van der Waals surface area contributed by atoms with Crippen molar-refractivity contribution in [2.75, 3.05) is 6.61 Å². The van der Waals surface area contributed by atoms with Crippen molar-refractivity contribution >= 4 is 46.3 Å². The van der Waals surface area contributed by atoms with E-state index in [-0.39, 0.29) is 11.9 Å². The predicted molar refractivity (Wildman–Crippen MR) is 109 cm³/mol. The lowest BCUT2D eigenvalue weighted by Crippen LogP contribution is -2.30. The summed E-state index contributed by atoms with van der Waals surface area (Å²) in [4.78, 5) is 25.6. The Labute approximate surface area is 166 Å². The molecular weight excluding hydrogens is 382 g/mol. The van der Waals surface area contributed by atoms with Crippen LogP contribution in [0, 0.1) is 0 Å². The number of thioether (sulfide) groups is 1. The van der Waals surface area contributed by atoms with Gasteiger partial charge < -0.3 is 9.84 Å². The Balaban J connectivity index is 1.75. The Morgan fingerprint density at radius 1 is 1.22 bits per heavy atom. The molecule has 2 aromatic rings. The minimum atomic E-state index is -1.03. The van der Waals surface area contributed by atoms with Crippen molar-refractivity contribution < 1.29 is 19.4 Å². The maximum absolute atomic E-state index is 12.8. The number of rotatable bonds is 6. The van der Waals surface area contributed by atoms with Gasteiger partial charge in [0, 0.05) is 0 Å². The number of carbonyl (C=O) groups excluding carboxylic acids is 1. The van der Waals surface area contributed by atoms with Crippen LogP contribution in [0.15, 0.2) is 59.5 Å². The molecule has 0 aromatic heterocycles. The lowest BCUT2D eigenvalue weighted by molar-refractivity contribution is -0.139. The zero-order valence-electron chi connectivity index (χ0n) is 14.5. The number of amides is 1. The summed E-state index contributed by atoms with van der Waals surface area (Å²) in [6.07, 6.45) is 1.78. The average molecular weight is 399 g/mol. The van der Waals surface area contributed by atoms with E-state index in [0.717, 1.165) is 11.1 Å². The molecule has 1 fully saturated rings. The van der Waals surface area contributed by atoms with Gasteiger partial charge in [0.15, 0.2) is 6.61 Å². The van der Waals surface area contributed by atoms with Crippen molar-refractivity contribution in [3.05, 3.63) is 70.6 Å². The van der Waals surface area contributed by atoms with Crippen LogP contribution < -0.4 is 4.74 Å². The second-order valence-corrected chi connectivity index (χ2v) is 7.57. The number of thiocarbonyl (C=S) groups is 1. The van der Waals surface area contributed by atoms with Gasteiger partial charge in [0.1, 0.15) is 10.1 Å². The van der Waals surface area contributed by atoms with E-state index in [1.54, 1.807) is 35.2 Å². The summed E-state index contributed by atoms with van der Waals surface area (Å²) < 4.78 is 5.64. The van der Waals surface area contributed by atoms with Crippen molar-refractivity contribution in [2.24, 2.45) is 0 Å². The van der Waals surface area contributed by atoms with Gasteiger partial charge in [-0.1, -0.05) is 66.4 Å². The Morgan fingerprint density at radius 3 is 2.52 bits per heavy atom. The van der Waals surface area contributed by atoms with Crippen molar-refractivity contribution in [1.29, 1.82) is 0 Å². The lowest BCUT2D eigenvalue weighted by atomic mass is 10.1. The number of hydrogen-bond donors (Lipinski definition) is 1. The van der Waals surface area contributed by atoms with Crippen molar-refractivity contribution in [1.82, 2.24) is 4.90 Å². The SMILES string of the molecule is CC(c1ccccc1)N1C(=O)/C(=C\c2ccc(OCC(=O)O)cc2)SC1=S.